The summed E-state index contributed by atoms with van der Waals surface area (Å²) in [5.41, 5.74) is 3.20. The average molecular weight is 377 g/mol. The van der Waals surface area contributed by atoms with E-state index in [9.17, 15) is 0 Å². The van der Waals surface area contributed by atoms with Gasteiger partial charge in [0.25, 0.3) is 0 Å². The summed E-state index contributed by atoms with van der Waals surface area (Å²) in [5.74, 6) is 2.84. The molecule has 0 atom stereocenters. The summed E-state index contributed by atoms with van der Waals surface area (Å²) in [6.07, 6.45) is 4.91. The third-order valence-electron chi connectivity index (χ3n) is 6.03. The highest BCUT2D eigenvalue weighted by molar-refractivity contribution is 5.94. The number of ether oxygens (including phenoxy) is 1. The SMILES string of the molecule is COc1ccccc1-c1cc2c(N3CCCC3)nc(N3CCCC3)nc2n1C. The van der Waals surface area contributed by atoms with Crippen molar-refractivity contribution in [2.45, 2.75) is 25.7 Å². The fraction of sp³-hybridized carbons (Fsp3) is 0.455. The number of methoxy groups -OCH3 is 1. The van der Waals surface area contributed by atoms with Crippen LogP contribution in [0.15, 0.2) is 30.3 Å². The second-order valence-corrected chi connectivity index (χ2v) is 7.76. The molecule has 0 amide bonds. The third-order valence-corrected chi connectivity index (χ3v) is 6.03. The van der Waals surface area contributed by atoms with Crippen LogP contribution < -0.4 is 14.5 Å². The first-order valence-electron chi connectivity index (χ1n) is 10.3. The molecular weight excluding hydrogens is 350 g/mol. The Balaban J connectivity index is 1.72. The molecule has 0 spiro atoms. The number of para-hydroxylation sites is 1. The summed E-state index contributed by atoms with van der Waals surface area (Å²) in [7, 11) is 3.82. The Morgan fingerprint density at radius 1 is 0.893 bits per heavy atom. The molecule has 1 aromatic carbocycles. The zero-order chi connectivity index (χ0) is 19.1. The number of benzene rings is 1. The summed E-state index contributed by atoms with van der Waals surface area (Å²) in [5, 5.41) is 1.13. The monoisotopic (exact) mass is 377 g/mol. The predicted octanol–water partition coefficient (Wildman–Crippen LogP) is 3.84. The molecule has 2 aliphatic heterocycles. The van der Waals surface area contributed by atoms with E-state index in [1.54, 1.807) is 7.11 Å². The zero-order valence-electron chi connectivity index (χ0n) is 16.7. The van der Waals surface area contributed by atoms with Crippen LogP contribution in [0.25, 0.3) is 22.3 Å². The standard InChI is InChI=1S/C22H27N5O/c1-25-18(16-9-3-4-10-19(16)28-2)15-17-20(25)23-22(27-13-7-8-14-27)24-21(17)26-11-5-6-12-26/h3-4,9-10,15H,5-8,11-14H2,1-2H3. The van der Waals surface area contributed by atoms with Crippen LogP contribution in [0.2, 0.25) is 0 Å². The van der Waals surface area contributed by atoms with Gasteiger partial charge in [0.05, 0.1) is 18.2 Å². The first-order chi connectivity index (χ1) is 13.8. The zero-order valence-corrected chi connectivity index (χ0v) is 16.7. The summed E-state index contributed by atoms with van der Waals surface area (Å²) >= 11 is 0. The molecule has 0 unspecified atom stereocenters. The van der Waals surface area contributed by atoms with E-state index in [4.69, 9.17) is 14.7 Å². The number of fused-ring (bicyclic) bond motifs is 1. The molecule has 6 heteroatoms. The van der Waals surface area contributed by atoms with Crippen molar-refractivity contribution in [3.63, 3.8) is 0 Å². The fourth-order valence-corrected chi connectivity index (χ4v) is 4.51. The average Bonchev–Trinajstić information content (AvgIpc) is 3.49. The molecule has 2 aromatic heterocycles. The highest BCUT2D eigenvalue weighted by atomic mass is 16.5. The van der Waals surface area contributed by atoms with Crippen LogP contribution in [0.3, 0.4) is 0 Å². The van der Waals surface area contributed by atoms with Gasteiger partial charge < -0.3 is 19.1 Å². The Kier molecular flexibility index (Phi) is 4.34. The van der Waals surface area contributed by atoms with Gasteiger partial charge in [0, 0.05) is 38.8 Å². The Bertz CT molecular complexity index is 1000. The van der Waals surface area contributed by atoms with Crippen molar-refractivity contribution in [3.05, 3.63) is 30.3 Å². The maximum atomic E-state index is 5.62. The van der Waals surface area contributed by atoms with E-state index in [1.165, 1.54) is 25.7 Å². The summed E-state index contributed by atoms with van der Waals surface area (Å²) < 4.78 is 7.81. The Morgan fingerprint density at radius 3 is 2.29 bits per heavy atom. The van der Waals surface area contributed by atoms with Gasteiger partial charge in [0.2, 0.25) is 5.95 Å². The minimum atomic E-state index is 0.875. The van der Waals surface area contributed by atoms with Crippen LogP contribution in [-0.2, 0) is 7.05 Å². The molecule has 2 aliphatic rings. The van der Waals surface area contributed by atoms with Gasteiger partial charge in [-0.3, -0.25) is 0 Å². The predicted molar refractivity (Wildman–Crippen MR) is 113 cm³/mol. The quantitative estimate of drug-likeness (QED) is 0.691. The molecule has 5 rings (SSSR count). The van der Waals surface area contributed by atoms with Crippen LogP contribution in [0, 0.1) is 0 Å². The maximum absolute atomic E-state index is 5.62. The van der Waals surface area contributed by atoms with Gasteiger partial charge in [0.1, 0.15) is 17.2 Å². The first-order valence-corrected chi connectivity index (χ1v) is 10.3. The largest absolute Gasteiger partial charge is 0.496 e. The lowest BCUT2D eigenvalue weighted by Crippen LogP contribution is -2.24. The maximum Gasteiger partial charge on any atom is 0.229 e. The van der Waals surface area contributed by atoms with Crippen LogP contribution in [0.5, 0.6) is 5.75 Å². The van der Waals surface area contributed by atoms with E-state index in [0.29, 0.717) is 0 Å². The number of aromatic nitrogens is 3. The lowest BCUT2D eigenvalue weighted by Gasteiger charge is -2.21. The van der Waals surface area contributed by atoms with Crippen LogP contribution in [0.4, 0.5) is 11.8 Å². The van der Waals surface area contributed by atoms with Gasteiger partial charge in [-0.25, -0.2) is 0 Å². The molecule has 0 radical (unpaired) electrons. The van der Waals surface area contributed by atoms with Gasteiger partial charge in [-0.1, -0.05) is 12.1 Å². The van der Waals surface area contributed by atoms with Crippen molar-refractivity contribution in [2.24, 2.45) is 7.05 Å². The lowest BCUT2D eigenvalue weighted by molar-refractivity contribution is 0.416. The first kappa shape index (κ1) is 17.3. The van der Waals surface area contributed by atoms with Crippen molar-refractivity contribution in [1.82, 2.24) is 14.5 Å². The minimum Gasteiger partial charge on any atom is -0.496 e. The van der Waals surface area contributed by atoms with Crippen molar-refractivity contribution < 1.29 is 4.74 Å². The Labute approximate surface area is 165 Å². The van der Waals surface area contributed by atoms with Gasteiger partial charge in [-0.2, -0.15) is 9.97 Å². The highest BCUT2D eigenvalue weighted by Crippen LogP contribution is 2.37. The van der Waals surface area contributed by atoms with E-state index in [0.717, 1.165) is 66.0 Å². The number of hydrogen-bond acceptors (Lipinski definition) is 5. The smallest absolute Gasteiger partial charge is 0.229 e. The minimum absolute atomic E-state index is 0.875. The molecule has 28 heavy (non-hydrogen) atoms. The highest BCUT2D eigenvalue weighted by Gasteiger charge is 2.25. The second kappa shape index (κ2) is 7.00. The molecule has 0 N–H and O–H groups in total. The summed E-state index contributed by atoms with van der Waals surface area (Å²) in [6.45, 7) is 4.25. The Morgan fingerprint density at radius 2 is 1.57 bits per heavy atom. The van der Waals surface area contributed by atoms with Crippen molar-refractivity contribution in [2.75, 3.05) is 43.1 Å². The molecule has 146 valence electrons. The number of hydrogen-bond donors (Lipinski definition) is 0. The molecule has 0 aliphatic carbocycles. The molecule has 3 aromatic rings. The van der Waals surface area contributed by atoms with Gasteiger partial charge in [-0.05, 0) is 43.9 Å². The molecule has 0 bridgehead atoms. The van der Waals surface area contributed by atoms with Gasteiger partial charge >= 0.3 is 0 Å². The van der Waals surface area contributed by atoms with Crippen molar-refractivity contribution >= 4 is 22.8 Å². The van der Waals surface area contributed by atoms with Gasteiger partial charge in [0.15, 0.2) is 0 Å². The van der Waals surface area contributed by atoms with Crippen molar-refractivity contribution in [3.8, 4) is 17.0 Å². The van der Waals surface area contributed by atoms with E-state index >= 15 is 0 Å². The van der Waals surface area contributed by atoms with Crippen LogP contribution in [0.1, 0.15) is 25.7 Å². The fourth-order valence-electron chi connectivity index (χ4n) is 4.51. The van der Waals surface area contributed by atoms with E-state index in [2.05, 4.69) is 39.6 Å². The summed E-state index contributed by atoms with van der Waals surface area (Å²) in [6, 6.07) is 10.4. The number of nitrogens with zero attached hydrogens (tertiary/aromatic N) is 5. The Hall–Kier alpha value is -2.76. The van der Waals surface area contributed by atoms with E-state index < -0.39 is 0 Å². The number of anilines is 2. The number of aryl methyl sites for hydroxylation is 1. The molecule has 0 saturated carbocycles. The normalized spacial score (nSPS) is 17.1. The van der Waals surface area contributed by atoms with Crippen LogP contribution in [-0.4, -0.2) is 47.8 Å². The molecular formula is C22H27N5O. The van der Waals surface area contributed by atoms with Crippen molar-refractivity contribution in [1.29, 1.82) is 0 Å². The van der Waals surface area contributed by atoms with E-state index in [1.807, 2.05) is 12.1 Å². The van der Waals surface area contributed by atoms with E-state index in [-0.39, 0.29) is 0 Å². The third kappa shape index (κ3) is 2.79. The summed E-state index contributed by atoms with van der Waals surface area (Å²) in [4.78, 5) is 14.8. The molecule has 6 nitrogen and oxygen atoms in total. The molecule has 2 fully saturated rings. The van der Waals surface area contributed by atoms with Gasteiger partial charge in [-0.15, -0.1) is 0 Å². The molecule has 4 heterocycles. The topological polar surface area (TPSA) is 46.4 Å². The molecule has 2 saturated heterocycles. The van der Waals surface area contributed by atoms with Crippen LogP contribution >= 0.6 is 0 Å². The second-order valence-electron chi connectivity index (χ2n) is 7.76. The lowest BCUT2D eigenvalue weighted by atomic mass is 10.1. The number of rotatable bonds is 4.